The van der Waals surface area contributed by atoms with E-state index >= 15 is 0 Å². The van der Waals surface area contributed by atoms with Crippen molar-refractivity contribution in [1.82, 2.24) is 14.8 Å². The summed E-state index contributed by atoms with van der Waals surface area (Å²) >= 11 is 0. The van der Waals surface area contributed by atoms with E-state index in [0.717, 1.165) is 10.9 Å². The van der Waals surface area contributed by atoms with E-state index in [1.807, 2.05) is 0 Å². The average molecular weight is 179 g/mol. The molecule has 1 aliphatic rings. The predicted octanol–water partition coefficient (Wildman–Crippen LogP) is -1.54. The number of aromatic amines is 1. The minimum atomic E-state index is -0.677. The Labute approximate surface area is 72.2 Å². The second-order valence-corrected chi connectivity index (χ2v) is 2.37. The Morgan fingerprint density at radius 3 is 3.15 bits per heavy atom. The summed E-state index contributed by atoms with van der Waals surface area (Å²) in [4.78, 5) is 23.8. The molecule has 0 aromatic carbocycles. The van der Waals surface area contributed by atoms with E-state index in [9.17, 15) is 9.59 Å². The predicted molar refractivity (Wildman–Crippen MR) is 41.9 cm³/mol. The van der Waals surface area contributed by atoms with Crippen LogP contribution < -0.4 is 11.2 Å². The van der Waals surface area contributed by atoms with Crippen LogP contribution in [0.15, 0.2) is 15.8 Å². The summed E-state index contributed by atoms with van der Waals surface area (Å²) in [5.41, 5.74) is -1.15. The minimum Gasteiger partial charge on any atom is -0.333 e. The molecule has 0 aliphatic carbocycles. The van der Waals surface area contributed by atoms with Crippen LogP contribution in [-0.4, -0.2) is 21.4 Å². The molecule has 2 rings (SSSR count). The highest BCUT2D eigenvalue weighted by Gasteiger charge is 2.13. The van der Waals surface area contributed by atoms with Crippen LogP contribution in [-0.2, 0) is 4.74 Å². The molecule has 0 amide bonds. The molecule has 1 unspecified atom stereocenters. The summed E-state index contributed by atoms with van der Waals surface area (Å²) in [5.74, 6) is 5.29. The summed E-state index contributed by atoms with van der Waals surface area (Å²) in [6.07, 6.45) is 0.328. The number of hydrogen-bond acceptors (Lipinski definition) is 4. The fourth-order valence-corrected chi connectivity index (χ4v) is 0.952. The summed E-state index contributed by atoms with van der Waals surface area (Å²) in [7, 11) is 0. The normalized spacial score (nSPS) is 19.5. The van der Waals surface area contributed by atoms with Gasteiger partial charge in [-0.3, -0.25) is 9.78 Å². The van der Waals surface area contributed by atoms with Crippen LogP contribution in [0.5, 0.6) is 0 Å². The smallest absolute Gasteiger partial charge is 0.333 e. The van der Waals surface area contributed by atoms with Crippen LogP contribution in [0.25, 0.3) is 0 Å². The van der Waals surface area contributed by atoms with Gasteiger partial charge in [0.1, 0.15) is 12.8 Å². The topological polar surface area (TPSA) is 77.0 Å². The lowest BCUT2D eigenvalue weighted by atomic mass is 10.6. The molecule has 1 aliphatic heterocycles. The van der Waals surface area contributed by atoms with Gasteiger partial charge in [0.25, 0.3) is 5.56 Å². The van der Waals surface area contributed by atoms with E-state index in [2.05, 4.69) is 21.9 Å². The molecule has 6 nitrogen and oxygen atoms in total. The first-order valence-corrected chi connectivity index (χ1v) is 3.55. The van der Waals surface area contributed by atoms with Crippen molar-refractivity contribution in [2.24, 2.45) is 0 Å². The van der Waals surface area contributed by atoms with Crippen molar-refractivity contribution in [1.29, 1.82) is 0 Å². The van der Waals surface area contributed by atoms with Gasteiger partial charge in [0.2, 0.25) is 6.23 Å². The molecule has 1 atom stereocenters. The SMILES string of the molecule is O=c1cnn(C2C#CCO2)c(=O)[nH]1. The van der Waals surface area contributed by atoms with Crippen molar-refractivity contribution in [3.8, 4) is 11.8 Å². The van der Waals surface area contributed by atoms with E-state index < -0.39 is 17.5 Å². The molecular weight excluding hydrogens is 174 g/mol. The van der Waals surface area contributed by atoms with Crippen LogP contribution in [0.3, 0.4) is 0 Å². The Kier molecular flexibility index (Phi) is 1.72. The average Bonchev–Trinajstić information content (AvgIpc) is 2.56. The minimum absolute atomic E-state index is 0.276. The zero-order valence-electron chi connectivity index (χ0n) is 6.48. The third kappa shape index (κ3) is 1.37. The fourth-order valence-electron chi connectivity index (χ4n) is 0.952. The number of H-pyrrole nitrogens is 1. The second kappa shape index (κ2) is 2.88. The number of rotatable bonds is 1. The summed E-state index contributed by atoms with van der Waals surface area (Å²) in [5, 5.41) is 3.59. The van der Waals surface area contributed by atoms with Gasteiger partial charge in [-0.25, -0.2) is 4.79 Å². The molecule has 0 saturated heterocycles. The summed E-state index contributed by atoms with van der Waals surface area (Å²) < 4.78 is 6.00. The molecule has 1 aromatic heterocycles. The maximum absolute atomic E-state index is 11.1. The maximum atomic E-state index is 11.1. The standard InChI is InChI=1S/C7H5N3O3/c11-5-4-8-10(7(12)9-5)6-2-1-3-13-6/h4,6H,3H2,(H,9,11,12). The highest BCUT2D eigenvalue weighted by molar-refractivity contribution is 5.08. The first-order valence-electron chi connectivity index (χ1n) is 3.55. The van der Waals surface area contributed by atoms with Crippen molar-refractivity contribution in [2.45, 2.75) is 6.23 Å². The van der Waals surface area contributed by atoms with Crippen LogP contribution in [0.2, 0.25) is 0 Å². The van der Waals surface area contributed by atoms with Crippen molar-refractivity contribution in [2.75, 3.05) is 6.61 Å². The van der Waals surface area contributed by atoms with E-state index in [-0.39, 0.29) is 6.61 Å². The molecule has 1 aromatic rings. The molecule has 66 valence electrons. The Bertz CT molecular complexity index is 490. The monoisotopic (exact) mass is 179 g/mol. The summed E-state index contributed by atoms with van der Waals surface area (Å²) in [6.45, 7) is 0.276. The second-order valence-electron chi connectivity index (χ2n) is 2.37. The molecule has 13 heavy (non-hydrogen) atoms. The van der Waals surface area contributed by atoms with Crippen molar-refractivity contribution in [3.63, 3.8) is 0 Å². The van der Waals surface area contributed by atoms with Gasteiger partial charge in [-0.05, 0) is 5.92 Å². The van der Waals surface area contributed by atoms with Crippen molar-refractivity contribution in [3.05, 3.63) is 27.0 Å². The third-order valence-electron chi connectivity index (χ3n) is 1.50. The molecule has 2 heterocycles. The first-order chi connectivity index (χ1) is 6.27. The van der Waals surface area contributed by atoms with Crippen LogP contribution >= 0.6 is 0 Å². The van der Waals surface area contributed by atoms with Gasteiger partial charge in [-0.15, -0.1) is 0 Å². The highest BCUT2D eigenvalue weighted by Crippen LogP contribution is 2.04. The van der Waals surface area contributed by atoms with Crippen molar-refractivity contribution < 1.29 is 4.74 Å². The van der Waals surface area contributed by atoms with Gasteiger partial charge in [0.15, 0.2) is 0 Å². The zero-order chi connectivity index (χ0) is 9.26. The Morgan fingerprint density at radius 2 is 2.54 bits per heavy atom. The lowest BCUT2D eigenvalue weighted by molar-refractivity contribution is 0.0654. The maximum Gasteiger partial charge on any atom is 0.348 e. The van der Waals surface area contributed by atoms with E-state index in [0.29, 0.717) is 0 Å². The lowest BCUT2D eigenvalue weighted by Gasteiger charge is -2.06. The quantitative estimate of drug-likeness (QED) is 0.530. The number of nitrogens with one attached hydrogen (secondary N) is 1. The molecule has 0 spiro atoms. The number of ether oxygens (including phenoxy) is 1. The zero-order valence-corrected chi connectivity index (χ0v) is 6.48. The first kappa shape index (κ1) is 7.76. The van der Waals surface area contributed by atoms with Gasteiger partial charge in [0.05, 0.1) is 0 Å². The largest absolute Gasteiger partial charge is 0.348 e. The Hall–Kier alpha value is -1.87. The van der Waals surface area contributed by atoms with E-state index in [1.165, 1.54) is 0 Å². The van der Waals surface area contributed by atoms with Crippen LogP contribution in [0.1, 0.15) is 6.23 Å². The molecule has 1 N–H and O–H groups in total. The molecule has 0 saturated carbocycles. The Balaban J connectivity index is 2.48. The summed E-state index contributed by atoms with van der Waals surface area (Å²) in [6, 6.07) is 0. The molecule has 6 heteroatoms. The van der Waals surface area contributed by atoms with E-state index in [4.69, 9.17) is 4.74 Å². The number of aromatic nitrogens is 3. The third-order valence-corrected chi connectivity index (χ3v) is 1.50. The molecule has 0 radical (unpaired) electrons. The molecule has 0 fully saturated rings. The molecular formula is C7H5N3O3. The van der Waals surface area contributed by atoms with Crippen LogP contribution in [0.4, 0.5) is 0 Å². The van der Waals surface area contributed by atoms with Gasteiger partial charge in [-0.1, -0.05) is 5.92 Å². The number of hydrogen-bond donors (Lipinski definition) is 1. The Morgan fingerprint density at radius 1 is 1.69 bits per heavy atom. The molecule has 0 bridgehead atoms. The lowest BCUT2D eigenvalue weighted by Crippen LogP contribution is -2.34. The van der Waals surface area contributed by atoms with Gasteiger partial charge >= 0.3 is 5.69 Å². The fraction of sp³-hybridized carbons (Fsp3) is 0.286. The van der Waals surface area contributed by atoms with E-state index in [1.54, 1.807) is 0 Å². The number of nitrogens with zero attached hydrogens (tertiary/aromatic N) is 2. The van der Waals surface area contributed by atoms with Gasteiger partial charge in [-0.2, -0.15) is 9.78 Å². The highest BCUT2D eigenvalue weighted by atomic mass is 16.5. The van der Waals surface area contributed by atoms with Gasteiger partial charge < -0.3 is 4.74 Å². The van der Waals surface area contributed by atoms with Crippen LogP contribution in [0, 0.1) is 11.8 Å². The van der Waals surface area contributed by atoms with Crippen molar-refractivity contribution >= 4 is 0 Å². The van der Waals surface area contributed by atoms with Gasteiger partial charge in [0, 0.05) is 0 Å².